The number of ether oxygens (including phenoxy) is 1. The summed E-state index contributed by atoms with van der Waals surface area (Å²) in [5.74, 6) is -1.43. The van der Waals surface area contributed by atoms with Crippen LogP contribution in [-0.4, -0.2) is 63.2 Å². The third-order valence-corrected chi connectivity index (χ3v) is 6.65. The van der Waals surface area contributed by atoms with Crippen molar-refractivity contribution in [3.8, 4) is 0 Å². The molecule has 0 aliphatic carbocycles. The van der Waals surface area contributed by atoms with Gasteiger partial charge in [-0.15, -0.1) is 0 Å². The fraction of sp³-hybridized carbons (Fsp3) is 0.214. The second-order valence-corrected chi connectivity index (χ2v) is 9.76. The molecule has 1 atom stereocenters. The van der Waals surface area contributed by atoms with Crippen LogP contribution in [0.5, 0.6) is 0 Å². The number of esters is 1. The fourth-order valence-corrected chi connectivity index (χ4v) is 4.80. The third kappa shape index (κ3) is 5.63. The molecule has 1 aliphatic heterocycles. The summed E-state index contributed by atoms with van der Waals surface area (Å²) in [6.07, 6.45) is 0. The highest BCUT2D eigenvalue weighted by Crippen LogP contribution is 2.38. The Hall–Kier alpha value is -3.82. The standard InChI is InChI=1S/C28H27BrN4O4/c1-32(2)16-24(34)33(3)23-13-11-19(15-21(23)29)30-26(17-8-6-5-7-9-17)25-20-12-10-18(28(36)37-4)14-22(20)31-27(25)35/h5-15,25H,16H2,1-4H3,(H,31,35). The van der Waals surface area contributed by atoms with Gasteiger partial charge in [0.05, 0.1) is 36.3 Å². The maximum Gasteiger partial charge on any atom is 0.337 e. The Kier molecular flexibility index (Phi) is 7.85. The Morgan fingerprint density at radius 3 is 2.38 bits per heavy atom. The summed E-state index contributed by atoms with van der Waals surface area (Å²) in [6.45, 7) is 0.287. The number of nitrogens with zero attached hydrogens (tertiary/aromatic N) is 3. The maximum atomic E-state index is 13.2. The van der Waals surface area contributed by atoms with E-state index in [1.54, 1.807) is 30.1 Å². The number of carbonyl (C=O) groups excluding carboxylic acids is 3. The average Bonchev–Trinajstić information content (AvgIpc) is 3.21. The normalized spacial score (nSPS) is 14.8. The SMILES string of the molecule is COC(=O)c1ccc2c(c1)NC(=O)C2C(=Nc1ccc(N(C)C(=O)CN(C)C)c(Br)c1)c1ccccc1. The van der Waals surface area contributed by atoms with Crippen molar-refractivity contribution < 1.29 is 19.1 Å². The summed E-state index contributed by atoms with van der Waals surface area (Å²) in [6, 6.07) is 20.0. The van der Waals surface area contributed by atoms with Gasteiger partial charge < -0.3 is 19.9 Å². The molecular weight excluding hydrogens is 536 g/mol. The van der Waals surface area contributed by atoms with Crippen molar-refractivity contribution in [1.82, 2.24) is 4.90 Å². The summed E-state index contributed by atoms with van der Waals surface area (Å²) >= 11 is 3.58. The average molecular weight is 563 g/mol. The molecule has 4 rings (SSSR count). The quantitative estimate of drug-likeness (QED) is 0.335. The summed E-state index contributed by atoms with van der Waals surface area (Å²) in [4.78, 5) is 46.0. The number of nitrogens with one attached hydrogen (secondary N) is 1. The first-order valence-electron chi connectivity index (χ1n) is 11.6. The van der Waals surface area contributed by atoms with Crippen molar-refractivity contribution in [1.29, 1.82) is 0 Å². The topological polar surface area (TPSA) is 91.3 Å². The predicted octanol–water partition coefficient (Wildman–Crippen LogP) is 4.62. The Labute approximate surface area is 224 Å². The zero-order valence-electron chi connectivity index (χ0n) is 21.0. The van der Waals surface area contributed by atoms with Crippen LogP contribution in [0.2, 0.25) is 0 Å². The number of aliphatic imine (C=N–C) groups is 1. The molecule has 1 heterocycles. The minimum atomic E-state index is -0.674. The minimum Gasteiger partial charge on any atom is -0.465 e. The van der Waals surface area contributed by atoms with Crippen molar-refractivity contribution in [2.24, 2.45) is 4.99 Å². The van der Waals surface area contributed by atoms with Gasteiger partial charge in [-0.05, 0) is 71.5 Å². The molecule has 0 saturated heterocycles. The predicted molar refractivity (Wildman–Crippen MR) is 148 cm³/mol. The number of carbonyl (C=O) groups is 3. The third-order valence-electron chi connectivity index (χ3n) is 6.02. The molecule has 190 valence electrons. The summed E-state index contributed by atoms with van der Waals surface area (Å²) < 4.78 is 5.51. The molecule has 8 nitrogen and oxygen atoms in total. The van der Waals surface area contributed by atoms with Crippen LogP contribution in [0.15, 0.2) is 76.2 Å². The van der Waals surface area contributed by atoms with Crippen molar-refractivity contribution in [2.75, 3.05) is 45.0 Å². The molecule has 1 unspecified atom stereocenters. The monoisotopic (exact) mass is 562 g/mol. The van der Waals surface area contributed by atoms with E-state index in [1.165, 1.54) is 7.11 Å². The van der Waals surface area contributed by atoms with Crippen LogP contribution in [0.25, 0.3) is 0 Å². The molecule has 37 heavy (non-hydrogen) atoms. The molecular formula is C28H27BrN4O4. The number of methoxy groups -OCH3 is 1. The molecule has 0 saturated carbocycles. The first-order chi connectivity index (χ1) is 17.7. The highest BCUT2D eigenvalue weighted by atomic mass is 79.9. The van der Waals surface area contributed by atoms with Gasteiger partial charge >= 0.3 is 5.97 Å². The number of rotatable bonds is 7. The second-order valence-electron chi connectivity index (χ2n) is 8.91. The number of amides is 2. The molecule has 0 spiro atoms. The Bertz CT molecular complexity index is 1390. The van der Waals surface area contributed by atoms with Gasteiger partial charge in [0.1, 0.15) is 5.92 Å². The molecule has 3 aromatic rings. The smallest absolute Gasteiger partial charge is 0.337 e. The first-order valence-corrected chi connectivity index (χ1v) is 12.4. The van der Waals surface area contributed by atoms with Crippen LogP contribution in [0, 0.1) is 0 Å². The molecule has 0 radical (unpaired) electrons. The lowest BCUT2D eigenvalue weighted by molar-refractivity contribution is -0.119. The molecule has 1 aliphatic rings. The van der Waals surface area contributed by atoms with Crippen LogP contribution >= 0.6 is 15.9 Å². The first kappa shape index (κ1) is 26.2. The number of hydrogen-bond acceptors (Lipinski definition) is 6. The lowest BCUT2D eigenvalue weighted by Gasteiger charge is -2.21. The Morgan fingerprint density at radius 1 is 1.00 bits per heavy atom. The molecule has 2 amide bonds. The maximum absolute atomic E-state index is 13.2. The Morgan fingerprint density at radius 2 is 1.73 bits per heavy atom. The summed E-state index contributed by atoms with van der Waals surface area (Å²) in [5.41, 5.74) is 4.34. The van der Waals surface area contributed by atoms with E-state index in [0.29, 0.717) is 32.8 Å². The molecule has 0 aromatic heterocycles. The van der Waals surface area contributed by atoms with Crippen LogP contribution in [0.3, 0.4) is 0 Å². The van der Waals surface area contributed by atoms with E-state index >= 15 is 0 Å². The van der Waals surface area contributed by atoms with Gasteiger partial charge in [-0.2, -0.15) is 0 Å². The van der Waals surface area contributed by atoms with E-state index in [-0.39, 0.29) is 18.4 Å². The number of anilines is 2. The lowest BCUT2D eigenvalue weighted by atomic mass is 9.90. The van der Waals surface area contributed by atoms with E-state index in [0.717, 1.165) is 11.1 Å². The van der Waals surface area contributed by atoms with Gasteiger partial charge in [-0.25, -0.2) is 4.79 Å². The van der Waals surface area contributed by atoms with Crippen LogP contribution in [0.1, 0.15) is 27.4 Å². The van der Waals surface area contributed by atoms with Gasteiger partial charge in [-0.3, -0.25) is 14.6 Å². The van der Waals surface area contributed by atoms with Crippen LogP contribution < -0.4 is 10.2 Å². The van der Waals surface area contributed by atoms with Gasteiger partial charge in [0.2, 0.25) is 11.8 Å². The molecule has 9 heteroatoms. The number of hydrogen-bond donors (Lipinski definition) is 1. The van der Waals surface area contributed by atoms with Crippen LogP contribution in [-0.2, 0) is 14.3 Å². The minimum absolute atomic E-state index is 0.0440. The van der Waals surface area contributed by atoms with E-state index in [1.807, 2.05) is 67.5 Å². The Balaban J connectivity index is 1.75. The molecule has 0 fully saturated rings. The molecule has 3 aromatic carbocycles. The summed E-state index contributed by atoms with van der Waals surface area (Å²) in [7, 11) is 6.73. The van der Waals surface area contributed by atoms with E-state index in [9.17, 15) is 14.4 Å². The van der Waals surface area contributed by atoms with Crippen molar-refractivity contribution in [3.05, 3.63) is 87.9 Å². The second kappa shape index (κ2) is 11.1. The van der Waals surface area contributed by atoms with Gasteiger partial charge in [0.15, 0.2) is 0 Å². The largest absolute Gasteiger partial charge is 0.465 e. The van der Waals surface area contributed by atoms with Gasteiger partial charge in [0, 0.05) is 17.2 Å². The zero-order chi connectivity index (χ0) is 26.7. The highest BCUT2D eigenvalue weighted by Gasteiger charge is 2.36. The highest BCUT2D eigenvalue weighted by molar-refractivity contribution is 9.10. The lowest BCUT2D eigenvalue weighted by Crippen LogP contribution is -2.35. The number of benzene rings is 3. The zero-order valence-corrected chi connectivity index (χ0v) is 22.6. The van der Waals surface area contributed by atoms with E-state index in [2.05, 4.69) is 21.2 Å². The fourth-order valence-electron chi connectivity index (χ4n) is 4.17. The van der Waals surface area contributed by atoms with Crippen LogP contribution in [0.4, 0.5) is 17.1 Å². The van der Waals surface area contributed by atoms with Gasteiger partial charge in [-0.1, -0.05) is 36.4 Å². The van der Waals surface area contributed by atoms with Crippen molar-refractivity contribution >= 4 is 56.5 Å². The van der Waals surface area contributed by atoms with E-state index < -0.39 is 11.9 Å². The van der Waals surface area contributed by atoms with Crippen molar-refractivity contribution in [3.63, 3.8) is 0 Å². The number of likely N-dealkylation sites (N-methyl/N-ethyl adjacent to an activating group) is 2. The van der Waals surface area contributed by atoms with Gasteiger partial charge in [0.25, 0.3) is 0 Å². The number of fused-ring (bicyclic) bond motifs is 1. The van der Waals surface area contributed by atoms with E-state index in [4.69, 9.17) is 9.73 Å². The summed E-state index contributed by atoms with van der Waals surface area (Å²) in [5, 5.41) is 2.88. The number of halogens is 1. The van der Waals surface area contributed by atoms with Crippen molar-refractivity contribution in [2.45, 2.75) is 5.92 Å². The molecule has 1 N–H and O–H groups in total. The molecule has 0 bridgehead atoms.